The van der Waals surface area contributed by atoms with E-state index in [1.807, 2.05) is 36.9 Å². The molecule has 1 heterocycles. The van der Waals surface area contributed by atoms with Gasteiger partial charge < -0.3 is 19.7 Å². The third-order valence-electron chi connectivity index (χ3n) is 5.81. The number of methoxy groups -OCH3 is 2. The first-order chi connectivity index (χ1) is 12.5. The molecule has 1 aliphatic carbocycles. The van der Waals surface area contributed by atoms with E-state index in [9.17, 15) is 4.79 Å². The fourth-order valence-electron chi connectivity index (χ4n) is 3.69. The predicted octanol–water partition coefficient (Wildman–Crippen LogP) is 3.39. The SMILES string of the molecule is COc1ccc(C(C)(C)C(=O)N2CCC(NCC3CC3)CC2)cc1OC.Cl. The van der Waals surface area contributed by atoms with Gasteiger partial charge >= 0.3 is 0 Å². The summed E-state index contributed by atoms with van der Waals surface area (Å²) in [6.07, 6.45) is 4.84. The summed E-state index contributed by atoms with van der Waals surface area (Å²) in [4.78, 5) is 15.2. The molecule has 0 aromatic heterocycles. The molecule has 27 heavy (non-hydrogen) atoms. The first kappa shape index (κ1) is 21.8. The zero-order chi connectivity index (χ0) is 18.7. The Morgan fingerprint density at radius 3 is 2.30 bits per heavy atom. The van der Waals surface area contributed by atoms with E-state index in [0.29, 0.717) is 17.5 Å². The van der Waals surface area contributed by atoms with Crippen molar-refractivity contribution in [3.05, 3.63) is 23.8 Å². The summed E-state index contributed by atoms with van der Waals surface area (Å²) in [6.45, 7) is 6.80. The van der Waals surface area contributed by atoms with E-state index in [0.717, 1.165) is 44.0 Å². The number of halogens is 1. The predicted molar refractivity (Wildman–Crippen MR) is 110 cm³/mol. The van der Waals surface area contributed by atoms with Gasteiger partial charge in [-0.1, -0.05) is 6.07 Å². The molecule has 0 unspecified atom stereocenters. The second-order valence-corrected chi connectivity index (χ2v) is 8.11. The second-order valence-electron chi connectivity index (χ2n) is 8.11. The average molecular weight is 397 g/mol. The number of rotatable bonds is 7. The zero-order valence-electron chi connectivity index (χ0n) is 16.9. The summed E-state index contributed by atoms with van der Waals surface area (Å²) in [7, 11) is 3.24. The monoisotopic (exact) mass is 396 g/mol. The summed E-state index contributed by atoms with van der Waals surface area (Å²) in [5.41, 5.74) is 0.363. The number of benzene rings is 1. The number of ether oxygens (including phenoxy) is 2. The van der Waals surface area contributed by atoms with E-state index in [2.05, 4.69) is 5.32 Å². The lowest BCUT2D eigenvalue weighted by Gasteiger charge is -2.37. The third kappa shape index (κ3) is 5.08. The van der Waals surface area contributed by atoms with Crippen LogP contribution in [-0.4, -0.2) is 50.7 Å². The van der Waals surface area contributed by atoms with Crippen molar-refractivity contribution in [2.24, 2.45) is 5.92 Å². The molecule has 152 valence electrons. The Labute approximate surface area is 169 Å². The van der Waals surface area contributed by atoms with Gasteiger partial charge in [-0.3, -0.25) is 4.79 Å². The molecule has 2 aliphatic rings. The molecule has 1 aromatic rings. The lowest BCUT2D eigenvalue weighted by molar-refractivity contribution is -0.137. The molecule has 0 atom stereocenters. The molecule has 1 aromatic carbocycles. The Hall–Kier alpha value is -1.46. The quantitative estimate of drug-likeness (QED) is 0.767. The Bertz CT molecular complexity index is 638. The van der Waals surface area contributed by atoms with Gasteiger partial charge in [0.15, 0.2) is 11.5 Å². The minimum Gasteiger partial charge on any atom is -0.493 e. The molecule has 6 heteroatoms. The average Bonchev–Trinajstić information content (AvgIpc) is 3.50. The smallest absolute Gasteiger partial charge is 0.232 e. The summed E-state index contributed by atoms with van der Waals surface area (Å²) in [5.74, 6) is 2.43. The van der Waals surface area contributed by atoms with Crippen LogP contribution in [0.25, 0.3) is 0 Å². The maximum atomic E-state index is 13.2. The van der Waals surface area contributed by atoms with Gasteiger partial charge in [-0.05, 0) is 69.7 Å². The van der Waals surface area contributed by atoms with E-state index in [1.54, 1.807) is 14.2 Å². The lowest BCUT2D eigenvalue weighted by atomic mass is 9.82. The fourth-order valence-corrected chi connectivity index (χ4v) is 3.69. The molecule has 1 saturated heterocycles. The molecule has 5 nitrogen and oxygen atoms in total. The summed E-state index contributed by atoms with van der Waals surface area (Å²) in [6, 6.07) is 6.31. The highest BCUT2D eigenvalue weighted by molar-refractivity contribution is 5.87. The Morgan fingerprint density at radius 1 is 1.11 bits per heavy atom. The molecule has 0 radical (unpaired) electrons. The van der Waals surface area contributed by atoms with Crippen LogP contribution in [0.1, 0.15) is 45.1 Å². The van der Waals surface area contributed by atoms with E-state index >= 15 is 0 Å². The molecule has 1 amide bonds. The highest BCUT2D eigenvalue weighted by Gasteiger charge is 2.36. The van der Waals surface area contributed by atoms with Gasteiger partial charge in [-0.15, -0.1) is 12.4 Å². The van der Waals surface area contributed by atoms with Crippen molar-refractivity contribution >= 4 is 18.3 Å². The van der Waals surface area contributed by atoms with Gasteiger partial charge in [0.2, 0.25) is 5.91 Å². The maximum absolute atomic E-state index is 13.2. The second kappa shape index (κ2) is 9.16. The van der Waals surface area contributed by atoms with Gasteiger partial charge in [0, 0.05) is 19.1 Å². The number of hydrogen-bond donors (Lipinski definition) is 1. The van der Waals surface area contributed by atoms with Gasteiger partial charge in [0.1, 0.15) is 0 Å². The van der Waals surface area contributed by atoms with Crippen LogP contribution in [0.4, 0.5) is 0 Å². The standard InChI is InChI=1S/C21H32N2O3.ClH/c1-21(2,16-7-8-18(25-3)19(13-16)26-4)20(24)23-11-9-17(10-12-23)22-14-15-5-6-15;/h7-8,13,15,17,22H,5-6,9-12,14H2,1-4H3;1H. The van der Waals surface area contributed by atoms with Crippen molar-refractivity contribution in [2.45, 2.75) is 51.0 Å². The minimum atomic E-state index is -0.589. The van der Waals surface area contributed by atoms with Gasteiger partial charge in [-0.2, -0.15) is 0 Å². The lowest BCUT2D eigenvalue weighted by Crippen LogP contribution is -2.50. The number of carbonyl (C=O) groups excluding carboxylic acids is 1. The third-order valence-corrected chi connectivity index (χ3v) is 5.81. The minimum absolute atomic E-state index is 0. The molecule has 1 saturated carbocycles. The molecule has 1 aliphatic heterocycles. The highest BCUT2D eigenvalue weighted by Crippen LogP contribution is 2.35. The number of amides is 1. The van der Waals surface area contributed by atoms with Gasteiger partial charge in [0.25, 0.3) is 0 Å². The number of nitrogens with zero attached hydrogens (tertiary/aromatic N) is 1. The van der Waals surface area contributed by atoms with Crippen LogP contribution >= 0.6 is 12.4 Å². The van der Waals surface area contributed by atoms with Crippen molar-refractivity contribution < 1.29 is 14.3 Å². The van der Waals surface area contributed by atoms with Crippen molar-refractivity contribution in [1.82, 2.24) is 10.2 Å². The number of likely N-dealkylation sites (tertiary alicyclic amines) is 1. The zero-order valence-corrected chi connectivity index (χ0v) is 17.7. The van der Waals surface area contributed by atoms with E-state index in [4.69, 9.17) is 9.47 Å². The van der Waals surface area contributed by atoms with Crippen LogP contribution in [0, 0.1) is 5.92 Å². The summed E-state index contributed by atoms with van der Waals surface area (Å²) in [5, 5.41) is 3.67. The van der Waals surface area contributed by atoms with E-state index in [1.165, 1.54) is 12.8 Å². The Balaban J connectivity index is 0.00000261. The van der Waals surface area contributed by atoms with Gasteiger partial charge in [0.05, 0.1) is 19.6 Å². The van der Waals surface area contributed by atoms with Crippen LogP contribution in [0.2, 0.25) is 0 Å². The Morgan fingerprint density at radius 2 is 1.74 bits per heavy atom. The molecule has 0 bridgehead atoms. The molecule has 0 spiro atoms. The van der Waals surface area contributed by atoms with Crippen molar-refractivity contribution in [3.63, 3.8) is 0 Å². The largest absolute Gasteiger partial charge is 0.493 e. The van der Waals surface area contributed by atoms with Crippen LogP contribution in [0.3, 0.4) is 0 Å². The molecule has 1 N–H and O–H groups in total. The fraction of sp³-hybridized carbons (Fsp3) is 0.667. The molecule has 3 rings (SSSR count). The summed E-state index contributed by atoms with van der Waals surface area (Å²) >= 11 is 0. The first-order valence-electron chi connectivity index (χ1n) is 9.71. The van der Waals surface area contributed by atoms with Crippen LogP contribution < -0.4 is 14.8 Å². The van der Waals surface area contributed by atoms with Crippen molar-refractivity contribution in [2.75, 3.05) is 33.9 Å². The highest BCUT2D eigenvalue weighted by atomic mass is 35.5. The van der Waals surface area contributed by atoms with Gasteiger partial charge in [-0.25, -0.2) is 0 Å². The van der Waals surface area contributed by atoms with Crippen LogP contribution in [0.5, 0.6) is 11.5 Å². The number of hydrogen-bond acceptors (Lipinski definition) is 4. The number of carbonyl (C=O) groups is 1. The maximum Gasteiger partial charge on any atom is 0.232 e. The van der Waals surface area contributed by atoms with E-state index < -0.39 is 5.41 Å². The van der Waals surface area contributed by atoms with Crippen molar-refractivity contribution in [3.8, 4) is 11.5 Å². The topological polar surface area (TPSA) is 50.8 Å². The normalized spacial score (nSPS) is 18.0. The number of piperidine rings is 1. The Kier molecular flexibility index (Phi) is 7.40. The molecule has 2 fully saturated rings. The molecular weight excluding hydrogens is 364 g/mol. The van der Waals surface area contributed by atoms with E-state index in [-0.39, 0.29) is 18.3 Å². The number of nitrogens with one attached hydrogen (secondary N) is 1. The van der Waals surface area contributed by atoms with Crippen molar-refractivity contribution in [1.29, 1.82) is 0 Å². The van der Waals surface area contributed by atoms with Crippen LogP contribution in [-0.2, 0) is 10.2 Å². The summed E-state index contributed by atoms with van der Waals surface area (Å²) < 4.78 is 10.7. The van der Waals surface area contributed by atoms with Crippen LogP contribution in [0.15, 0.2) is 18.2 Å². The molecular formula is C21H33ClN2O3. The first-order valence-corrected chi connectivity index (χ1v) is 9.71.